The molecule has 298 valence electrons. The van der Waals surface area contributed by atoms with Crippen molar-refractivity contribution in [2.24, 2.45) is 56.7 Å². The van der Waals surface area contributed by atoms with Gasteiger partial charge in [-0.15, -0.1) is 0 Å². The van der Waals surface area contributed by atoms with Crippen molar-refractivity contribution in [3.05, 3.63) is 11.6 Å². The highest BCUT2D eigenvalue weighted by Crippen LogP contribution is 2.75. The van der Waals surface area contributed by atoms with Gasteiger partial charge in [0.15, 0.2) is 0 Å². The molecule has 4 aliphatic carbocycles. The average molecular weight is 739 g/mol. The predicted octanol–water partition coefficient (Wildman–Crippen LogP) is 7.37. The van der Waals surface area contributed by atoms with Gasteiger partial charge in [-0.3, -0.25) is 19.3 Å². The number of piperidine rings is 2. The molecule has 3 aliphatic heterocycles. The molecular formula is C44H70N2O7. The molecule has 0 aromatic heterocycles. The molecule has 3 saturated heterocycles. The number of hydrogen-bond acceptors (Lipinski definition) is 8. The van der Waals surface area contributed by atoms with Crippen LogP contribution in [0.4, 0.5) is 0 Å². The van der Waals surface area contributed by atoms with Crippen molar-refractivity contribution in [2.45, 2.75) is 144 Å². The van der Waals surface area contributed by atoms with Gasteiger partial charge >= 0.3 is 17.9 Å². The summed E-state index contributed by atoms with van der Waals surface area (Å²) in [5.41, 5.74) is -0.399. The molecule has 0 spiro atoms. The first-order chi connectivity index (χ1) is 25.0. The normalized spacial score (nSPS) is 44.2. The molecule has 7 aliphatic rings. The zero-order valence-corrected chi connectivity index (χ0v) is 34.2. The maximum atomic E-state index is 13.8. The van der Waals surface area contributed by atoms with E-state index in [0.29, 0.717) is 38.0 Å². The number of allylic oxidation sites excluding steroid dienone is 1. The quantitative estimate of drug-likeness (QED) is 0.202. The van der Waals surface area contributed by atoms with E-state index in [1.165, 1.54) is 44.8 Å². The van der Waals surface area contributed by atoms with Gasteiger partial charge < -0.3 is 24.2 Å². The maximum absolute atomic E-state index is 13.8. The van der Waals surface area contributed by atoms with Gasteiger partial charge in [0.2, 0.25) is 0 Å². The summed E-state index contributed by atoms with van der Waals surface area (Å²) < 4.78 is 19.3. The standard InChI is InChI=1S/C44H70N2O7/c1-28(2)29(3)40(5)18-19-42(7)32-12-13-35-41(6)26-51-27-44(35,33(32)14-17-43(42,8)37(40)39(49)50)24-34(52-30(4)47)38(41)53-36(48)25-45-22-15-31(16-23-45)46-20-10-9-11-21-46/h14,28-29,31-32,34-35,37-38H,9-13,15-27H2,1-8H3,(H,49,50)/t29-,32+,34-,35+,37-,38+,40-,41-,42-,43+,44+/m1/s1. The number of carbonyl (C=O) groups excluding carboxylic acids is 2. The molecule has 2 bridgehead atoms. The molecule has 0 amide bonds. The van der Waals surface area contributed by atoms with Crippen LogP contribution < -0.4 is 0 Å². The number of fused-ring (bicyclic) bond motifs is 3. The van der Waals surface area contributed by atoms with Gasteiger partial charge in [0.25, 0.3) is 0 Å². The minimum Gasteiger partial charge on any atom is -0.481 e. The fourth-order valence-electron chi connectivity index (χ4n) is 14.2. The van der Waals surface area contributed by atoms with Crippen LogP contribution in [0.3, 0.4) is 0 Å². The molecule has 53 heavy (non-hydrogen) atoms. The van der Waals surface area contributed by atoms with E-state index in [2.05, 4.69) is 64.3 Å². The van der Waals surface area contributed by atoms with Crippen molar-refractivity contribution in [2.75, 3.05) is 45.9 Å². The van der Waals surface area contributed by atoms with Crippen molar-refractivity contribution >= 4 is 17.9 Å². The van der Waals surface area contributed by atoms with E-state index in [1.807, 2.05) is 0 Å². The van der Waals surface area contributed by atoms with Crippen molar-refractivity contribution < 1.29 is 33.7 Å². The fraction of sp³-hybridized carbons (Fsp3) is 0.886. The van der Waals surface area contributed by atoms with Crippen molar-refractivity contribution in [1.29, 1.82) is 0 Å². The minimum atomic E-state index is -0.658. The van der Waals surface area contributed by atoms with Gasteiger partial charge in [-0.2, -0.15) is 0 Å². The van der Waals surface area contributed by atoms with E-state index in [4.69, 9.17) is 14.2 Å². The van der Waals surface area contributed by atoms with E-state index in [0.717, 1.165) is 51.6 Å². The molecule has 0 aromatic carbocycles. The summed E-state index contributed by atoms with van der Waals surface area (Å²) in [6, 6.07) is 0.613. The number of ether oxygens (including phenoxy) is 3. The lowest BCUT2D eigenvalue weighted by atomic mass is 9.34. The van der Waals surface area contributed by atoms with E-state index in [9.17, 15) is 19.5 Å². The van der Waals surface area contributed by atoms with Gasteiger partial charge in [0, 0.05) is 36.9 Å². The number of nitrogens with zero attached hydrogens (tertiary/aromatic N) is 2. The topological polar surface area (TPSA) is 106 Å². The second-order valence-corrected chi connectivity index (χ2v) is 20.2. The lowest BCUT2D eigenvalue weighted by Gasteiger charge is -2.71. The Hall–Kier alpha value is -1.97. The van der Waals surface area contributed by atoms with Crippen LogP contribution >= 0.6 is 0 Å². The Kier molecular flexibility index (Phi) is 10.5. The van der Waals surface area contributed by atoms with Crippen LogP contribution in [-0.2, 0) is 28.6 Å². The van der Waals surface area contributed by atoms with Gasteiger partial charge in [0.1, 0.15) is 12.2 Å². The van der Waals surface area contributed by atoms with Gasteiger partial charge in [-0.1, -0.05) is 66.5 Å². The SMILES string of the molecule is CC(=O)O[C@@H]1C[C@@]23COC[C@](C)([C@@H]2CC[C@H]2C3=CC[C@@]3(C)[C@H](C(=O)O)[C@@](C)([C@H](C)C(C)C)CC[C@]23C)[C@H]1OC(=O)CN1CCC(N2CCCCC2)CC1. The minimum absolute atomic E-state index is 0.203. The number of rotatable bonds is 8. The Labute approximate surface area is 319 Å². The summed E-state index contributed by atoms with van der Waals surface area (Å²) >= 11 is 0. The van der Waals surface area contributed by atoms with Crippen LogP contribution in [0.1, 0.15) is 126 Å². The van der Waals surface area contributed by atoms with Crippen molar-refractivity contribution in [3.8, 4) is 0 Å². The Morgan fingerprint density at radius 2 is 1.60 bits per heavy atom. The Bertz CT molecular complexity index is 1450. The highest BCUT2D eigenvalue weighted by Gasteiger charge is 2.72. The molecule has 7 rings (SSSR count). The monoisotopic (exact) mass is 739 g/mol. The largest absolute Gasteiger partial charge is 0.481 e. The maximum Gasteiger partial charge on any atom is 0.320 e. The first kappa shape index (κ1) is 39.3. The summed E-state index contributed by atoms with van der Waals surface area (Å²) in [6.45, 7) is 22.8. The molecule has 6 fully saturated rings. The predicted molar refractivity (Wildman–Crippen MR) is 204 cm³/mol. The third-order valence-corrected chi connectivity index (χ3v) is 17.5. The summed E-state index contributed by atoms with van der Waals surface area (Å²) in [6.07, 6.45) is 12.4. The summed E-state index contributed by atoms with van der Waals surface area (Å²) in [5.74, 6) is -0.601. The number of carbonyl (C=O) groups is 3. The van der Waals surface area contributed by atoms with Crippen LogP contribution in [0.2, 0.25) is 0 Å². The Morgan fingerprint density at radius 3 is 2.25 bits per heavy atom. The number of likely N-dealkylation sites (tertiary alicyclic amines) is 2. The zero-order valence-electron chi connectivity index (χ0n) is 34.2. The molecule has 3 heterocycles. The van der Waals surface area contributed by atoms with Crippen molar-refractivity contribution in [1.82, 2.24) is 9.80 Å². The van der Waals surface area contributed by atoms with E-state index in [1.54, 1.807) is 0 Å². The first-order valence-electron chi connectivity index (χ1n) is 21.3. The number of esters is 2. The first-order valence-corrected chi connectivity index (χ1v) is 21.3. The van der Waals surface area contributed by atoms with Crippen LogP contribution in [0.15, 0.2) is 11.6 Å². The molecule has 11 atom stereocenters. The molecule has 9 nitrogen and oxygen atoms in total. The van der Waals surface area contributed by atoms with Crippen molar-refractivity contribution in [3.63, 3.8) is 0 Å². The number of hydrogen-bond donors (Lipinski definition) is 1. The molecule has 9 heteroatoms. The summed E-state index contributed by atoms with van der Waals surface area (Å²) in [5, 5.41) is 11.0. The Morgan fingerprint density at radius 1 is 0.906 bits per heavy atom. The second-order valence-electron chi connectivity index (χ2n) is 20.2. The fourth-order valence-corrected chi connectivity index (χ4v) is 14.2. The summed E-state index contributed by atoms with van der Waals surface area (Å²) in [7, 11) is 0. The van der Waals surface area contributed by atoms with Gasteiger partial charge in [-0.05, 0) is 117 Å². The highest BCUT2D eigenvalue weighted by molar-refractivity contribution is 5.73. The number of carboxylic acid groups (broad SMARTS) is 1. The highest BCUT2D eigenvalue weighted by atomic mass is 16.6. The molecular weight excluding hydrogens is 668 g/mol. The number of carboxylic acids is 1. The lowest BCUT2D eigenvalue weighted by Crippen LogP contribution is -2.70. The zero-order chi connectivity index (χ0) is 38.1. The van der Waals surface area contributed by atoms with Gasteiger partial charge in [0.05, 0.1) is 25.7 Å². The van der Waals surface area contributed by atoms with E-state index >= 15 is 0 Å². The number of aliphatic carboxylic acids is 1. The van der Waals surface area contributed by atoms with Crippen LogP contribution in [0.25, 0.3) is 0 Å². The third kappa shape index (κ3) is 6.24. The molecule has 3 saturated carbocycles. The van der Waals surface area contributed by atoms with Crippen LogP contribution in [0.5, 0.6) is 0 Å². The van der Waals surface area contributed by atoms with Crippen LogP contribution in [0, 0.1) is 56.7 Å². The average Bonchev–Trinajstić information content (AvgIpc) is 3.10. The molecule has 0 radical (unpaired) electrons. The smallest absolute Gasteiger partial charge is 0.320 e. The lowest BCUT2D eigenvalue weighted by molar-refractivity contribution is -0.263. The molecule has 1 N–H and O–H groups in total. The van der Waals surface area contributed by atoms with E-state index in [-0.39, 0.29) is 52.5 Å². The van der Waals surface area contributed by atoms with E-state index < -0.39 is 34.9 Å². The van der Waals surface area contributed by atoms with Gasteiger partial charge in [-0.25, -0.2) is 0 Å². The van der Waals surface area contributed by atoms with Crippen LogP contribution in [-0.4, -0.2) is 97.0 Å². The molecule has 0 aromatic rings. The summed E-state index contributed by atoms with van der Waals surface area (Å²) in [4.78, 5) is 44.9. The third-order valence-electron chi connectivity index (χ3n) is 17.5. The molecule has 0 unspecified atom stereocenters. The Balaban J connectivity index is 1.14. The second kappa shape index (κ2) is 14.2.